The lowest BCUT2D eigenvalue weighted by Gasteiger charge is -2.10. The third kappa shape index (κ3) is 7.87. The number of imidazole rings is 1. The molecule has 0 aliphatic rings. The van der Waals surface area contributed by atoms with Gasteiger partial charge in [0.25, 0.3) is 0 Å². The molecule has 0 unspecified atom stereocenters. The summed E-state index contributed by atoms with van der Waals surface area (Å²) in [5, 5.41) is 0.925. The van der Waals surface area contributed by atoms with Gasteiger partial charge in [0.05, 0.1) is 11.0 Å². The van der Waals surface area contributed by atoms with Crippen LogP contribution in [0.3, 0.4) is 0 Å². The monoisotopic (exact) mass is 479 g/mol. The SMILES string of the molecule is CCc1ccccc1.Cc1c(CSc2nc3ccccc3[nH]2)cccc1SCCOC(N)=O. The first-order valence-electron chi connectivity index (χ1n) is 10.8. The standard InChI is InChI=1S/C18H19N3O2S2.C8H10/c1-12-13(5-4-8-16(12)24-10-9-23-17(19)22)11-25-18-20-14-6-2-3-7-15(14)21-18;1-2-8-6-4-3-5-7-8/h2-8H,9-11H2,1H3,(H2,19,22)(H,20,21);3-7H,2H2,1H3. The number of carbonyl (C=O) groups excluding carboxylic acids is 1. The van der Waals surface area contributed by atoms with Crippen LogP contribution in [0.25, 0.3) is 11.0 Å². The molecule has 0 atom stereocenters. The van der Waals surface area contributed by atoms with Gasteiger partial charge in [-0.3, -0.25) is 0 Å². The summed E-state index contributed by atoms with van der Waals surface area (Å²) in [6.07, 6.45) is 0.411. The second kappa shape index (κ2) is 13.0. The van der Waals surface area contributed by atoms with Gasteiger partial charge in [-0.25, -0.2) is 9.78 Å². The molecule has 0 spiro atoms. The van der Waals surface area contributed by atoms with Crippen molar-refractivity contribution >= 4 is 40.7 Å². The molecule has 1 aromatic heterocycles. The van der Waals surface area contributed by atoms with Crippen molar-refractivity contribution in [3.63, 3.8) is 0 Å². The fraction of sp³-hybridized carbons (Fsp3) is 0.231. The Morgan fingerprint density at radius 2 is 1.76 bits per heavy atom. The molecule has 4 aromatic rings. The lowest BCUT2D eigenvalue weighted by Crippen LogP contribution is -2.14. The Morgan fingerprint density at radius 3 is 2.45 bits per heavy atom. The Bertz CT molecular complexity index is 1130. The smallest absolute Gasteiger partial charge is 0.404 e. The van der Waals surface area contributed by atoms with Gasteiger partial charge in [0, 0.05) is 16.4 Å². The molecule has 0 aliphatic carbocycles. The minimum absolute atomic E-state index is 0.317. The van der Waals surface area contributed by atoms with E-state index < -0.39 is 6.09 Å². The Kier molecular flexibility index (Phi) is 9.72. The van der Waals surface area contributed by atoms with Crippen LogP contribution in [-0.2, 0) is 16.9 Å². The van der Waals surface area contributed by atoms with Crippen molar-refractivity contribution < 1.29 is 9.53 Å². The van der Waals surface area contributed by atoms with E-state index in [1.165, 1.54) is 21.6 Å². The molecular weight excluding hydrogens is 450 g/mol. The minimum atomic E-state index is -0.728. The highest BCUT2D eigenvalue weighted by Gasteiger charge is 2.08. The molecule has 7 heteroatoms. The Balaban J connectivity index is 0.000000323. The van der Waals surface area contributed by atoms with Crippen molar-refractivity contribution in [3.8, 4) is 0 Å². The van der Waals surface area contributed by atoms with Crippen LogP contribution < -0.4 is 5.73 Å². The summed E-state index contributed by atoms with van der Waals surface area (Å²) in [7, 11) is 0. The normalized spacial score (nSPS) is 10.5. The third-order valence-electron chi connectivity index (χ3n) is 4.96. The van der Waals surface area contributed by atoms with Gasteiger partial charge in [-0.05, 0) is 48.2 Å². The predicted molar refractivity (Wildman–Crippen MR) is 139 cm³/mol. The van der Waals surface area contributed by atoms with E-state index in [-0.39, 0.29) is 0 Å². The summed E-state index contributed by atoms with van der Waals surface area (Å²) in [5.74, 6) is 1.53. The van der Waals surface area contributed by atoms with Crippen LogP contribution in [0.15, 0.2) is 82.8 Å². The Morgan fingerprint density at radius 1 is 1.00 bits per heavy atom. The summed E-state index contributed by atoms with van der Waals surface area (Å²) in [4.78, 5) is 19.7. The van der Waals surface area contributed by atoms with Gasteiger partial charge in [0.1, 0.15) is 6.61 Å². The number of nitrogens with one attached hydrogen (secondary N) is 1. The predicted octanol–water partition coefficient (Wildman–Crippen LogP) is 6.60. The van der Waals surface area contributed by atoms with Crippen LogP contribution >= 0.6 is 23.5 Å². The van der Waals surface area contributed by atoms with E-state index in [9.17, 15) is 4.79 Å². The average molecular weight is 480 g/mol. The first kappa shape index (κ1) is 24.7. The number of benzene rings is 3. The third-order valence-corrected chi connectivity index (χ3v) is 7.01. The number of para-hydroxylation sites is 2. The van der Waals surface area contributed by atoms with Gasteiger partial charge in [-0.1, -0.05) is 73.3 Å². The molecule has 3 N–H and O–H groups in total. The zero-order chi connectivity index (χ0) is 23.5. The van der Waals surface area contributed by atoms with Crippen molar-refractivity contribution in [3.05, 3.63) is 89.5 Å². The van der Waals surface area contributed by atoms with E-state index in [1.54, 1.807) is 23.5 Å². The number of aryl methyl sites for hydroxylation is 1. The quantitative estimate of drug-likeness (QED) is 0.220. The summed E-state index contributed by atoms with van der Waals surface area (Å²) in [6, 6.07) is 24.8. The first-order valence-corrected chi connectivity index (χ1v) is 12.8. The summed E-state index contributed by atoms with van der Waals surface area (Å²) in [6.45, 7) is 4.60. The largest absolute Gasteiger partial charge is 0.449 e. The topological polar surface area (TPSA) is 81.0 Å². The van der Waals surface area contributed by atoms with E-state index in [0.717, 1.165) is 28.4 Å². The Labute approximate surface area is 203 Å². The van der Waals surface area contributed by atoms with E-state index in [0.29, 0.717) is 12.4 Å². The number of hydrogen-bond donors (Lipinski definition) is 2. The number of fused-ring (bicyclic) bond motifs is 1. The van der Waals surface area contributed by atoms with Crippen LogP contribution in [0.5, 0.6) is 0 Å². The number of primary amides is 1. The number of ether oxygens (including phenoxy) is 1. The average Bonchev–Trinajstić information content (AvgIpc) is 3.26. The van der Waals surface area contributed by atoms with Gasteiger partial charge < -0.3 is 15.5 Å². The number of aromatic amines is 1. The van der Waals surface area contributed by atoms with Gasteiger partial charge >= 0.3 is 6.09 Å². The maximum absolute atomic E-state index is 10.6. The number of nitrogens with two attached hydrogens (primary N) is 1. The summed E-state index contributed by atoms with van der Waals surface area (Å²) >= 11 is 3.36. The first-order chi connectivity index (χ1) is 16.1. The maximum atomic E-state index is 10.6. The number of hydrogen-bond acceptors (Lipinski definition) is 5. The molecule has 0 fully saturated rings. The van der Waals surface area contributed by atoms with Crippen LogP contribution in [-0.4, -0.2) is 28.4 Å². The number of H-pyrrole nitrogens is 1. The van der Waals surface area contributed by atoms with E-state index >= 15 is 0 Å². The number of rotatable bonds is 8. The molecule has 33 heavy (non-hydrogen) atoms. The van der Waals surface area contributed by atoms with Gasteiger partial charge in [-0.15, -0.1) is 11.8 Å². The van der Waals surface area contributed by atoms with Crippen LogP contribution in [0.2, 0.25) is 0 Å². The molecular formula is C26H29N3O2S2. The number of thioether (sulfide) groups is 2. The highest BCUT2D eigenvalue weighted by Crippen LogP contribution is 2.29. The summed E-state index contributed by atoms with van der Waals surface area (Å²) < 4.78 is 4.77. The van der Waals surface area contributed by atoms with Gasteiger partial charge in [-0.2, -0.15) is 0 Å². The number of nitrogens with zero attached hydrogens (tertiary/aromatic N) is 1. The zero-order valence-electron chi connectivity index (χ0n) is 18.9. The molecule has 4 rings (SSSR count). The Hall–Kier alpha value is -2.90. The zero-order valence-corrected chi connectivity index (χ0v) is 20.5. The fourth-order valence-electron chi connectivity index (χ4n) is 3.12. The van der Waals surface area contributed by atoms with Gasteiger partial charge in [0.2, 0.25) is 0 Å². The van der Waals surface area contributed by atoms with E-state index in [1.807, 2.05) is 30.3 Å². The highest BCUT2D eigenvalue weighted by molar-refractivity contribution is 7.99. The molecule has 0 aliphatic heterocycles. The summed E-state index contributed by atoms with van der Waals surface area (Å²) in [5.41, 5.74) is 10.9. The van der Waals surface area contributed by atoms with Crippen molar-refractivity contribution in [2.45, 2.75) is 36.1 Å². The number of carbonyl (C=O) groups is 1. The van der Waals surface area contributed by atoms with Crippen molar-refractivity contribution in [1.82, 2.24) is 9.97 Å². The highest BCUT2D eigenvalue weighted by atomic mass is 32.2. The lowest BCUT2D eigenvalue weighted by atomic mass is 10.1. The van der Waals surface area contributed by atoms with Crippen LogP contribution in [0.4, 0.5) is 4.79 Å². The molecule has 0 radical (unpaired) electrons. The van der Waals surface area contributed by atoms with Crippen LogP contribution in [0, 0.1) is 6.92 Å². The molecule has 3 aromatic carbocycles. The molecule has 1 amide bonds. The molecule has 5 nitrogen and oxygen atoms in total. The van der Waals surface area contributed by atoms with Gasteiger partial charge in [0.15, 0.2) is 5.16 Å². The molecule has 0 bridgehead atoms. The van der Waals surface area contributed by atoms with E-state index in [2.05, 4.69) is 66.3 Å². The second-order valence-electron chi connectivity index (χ2n) is 7.24. The molecule has 1 heterocycles. The van der Waals surface area contributed by atoms with Crippen LogP contribution in [0.1, 0.15) is 23.6 Å². The minimum Gasteiger partial charge on any atom is -0.449 e. The second-order valence-corrected chi connectivity index (χ2v) is 9.34. The molecule has 0 saturated heterocycles. The lowest BCUT2D eigenvalue weighted by molar-refractivity contribution is 0.164. The van der Waals surface area contributed by atoms with E-state index in [4.69, 9.17) is 10.5 Å². The molecule has 172 valence electrons. The number of amides is 1. The molecule has 0 saturated carbocycles. The van der Waals surface area contributed by atoms with Crippen molar-refractivity contribution in [2.24, 2.45) is 5.73 Å². The maximum Gasteiger partial charge on any atom is 0.404 e. The fourth-order valence-corrected chi connectivity index (χ4v) is 4.98. The van der Waals surface area contributed by atoms with Crippen molar-refractivity contribution in [2.75, 3.05) is 12.4 Å². The van der Waals surface area contributed by atoms with Crippen molar-refractivity contribution in [1.29, 1.82) is 0 Å². The number of aromatic nitrogens is 2.